The average molecular weight is 241 g/mol. The van der Waals surface area contributed by atoms with Crippen LogP contribution in [0.3, 0.4) is 0 Å². The van der Waals surface area contributed by atoms with Gasteiger partial charge in [-0.3, -0.25) is 0 Å². The number of thioether (sulfide) groups is 1. The van der Waals surface area contributed by atoms with Crippen LogP contribution in [0.4, 0.5) is 5.95 Å². The monoisotopic (exact) mass is 241 g/mol. The molecule has 0 saturated heterocycles. The zero-order valence-corrected chi connectivity index (χ0v) is 11.1. The van der Waals surface area contributed by atoms with Crippen LogP contribution in [-0.4, -0.2) is 27.7 Å². The zero-order valence-electron chi connectivity index (χ0n) is 10.3. The van der Waals surface area contributed by atoms with E-state index in [9.17, 15) is 0 Å². The first-order valence-corrected chi connectivity index (χ1v) is 6.81. The Labute approximate surface area is 101 Å². The van der Waals surface area contributed by atoms with Gasteiger partial charge in [0.05, 0.1) is 0 Å². The largest absolute Gasteiger partial charge is 0.350 e. The van der Waals surface area contributed by atoms with Gasteiger partial charge in [-0.2, -0.15) is 16.7 Å². The smallest absolute Gasteiger partial charge is 0.263 e. The van der Waals surface area contributed by atoms with E-state index < -0.39 is 0 Å². The van der Waals surface area contributed by atoms with Crippen molar-refractivity contribution < 1.29 is 4.52 Å². The number of hydrogen-bond donors (Lipinski definition) is 1. The molecule has 0 amide bonds. The molecule has 0 spiro atoms. The normalized spacial score (nSPS) is 18.5. The minimum Gasteiger partial charge on any atom is -0.350 e. The molecule has 5 heteroatoms. The van der Waals surface area contributed by atoms with Crippen LogP contribution in [0, 0.1) is 0 Å². The molecule has 0 radical (unpaired) electrons. The van der Waals surface area contributed by atoms with E-state index in [1.54, 1.807) is 0 Å². The molecular formula is C11H19N3OS. The number of rotatable bonds is 4. The van der Waals surface area contributed by atoms with Crippen LogP contribution in [0.25, 0.3) is 0 Å². The van der Waals surface area contributed by atoms with Gasteiger partial charge in [0.25, 0.3) is 5.95 Å². The van der Waals surface area contributed by atoms with Gasteiger partial charge in [0, 0.05) is 16.7 Å². The Morgan fingerprint density at radius 1 is 1.44 bits per heavy atom. The number of aromatic nitrogens is 2. The van der Waals surface area contributed by atoms with Crippen molar-refractivity contribution in [2.45, 2.75) is 43.8 Å². The number of anilines is 1. The summed E-state index contributed by atoms with van der Waals surface area (Å²) in [5.41, 5.74) is -0.0797. The molecule has 1 N–H and O–H groups in total. The van der Waals surface area contributed by atoms with Gasteiger partial charge in [0.1, 0.15) is 0 Å². The fraction of sp³-hybridized carbons (Fsp3) is 0.818. The molecule has 1 fully saturated rings. The van der Waals surface area contributed by atoms with Crippen LogP contribution in [0.2, 0.25) is 0 Å². The first kappa shape index (κ1) is 11.8. The quantitative estimate of drug-likeness (QED) is 0.878. The predicted molar refractivity (Wildman–Crippen MR) is 67.0 cm³/mol. The molecule has 0 aromatic carbocycles. The molecule has 16 heavy (non-hydrogen) atoms. The molecular weight excluding hydrogens is 222 g/mol. The van der Waals surface area contributed by atoms with Gasteiger partial charge in [-0.1, -0.05) is 20.8 Å². The van der Waals surface area contributed by atoms with E-state index in [0.717, 1.165) is 6.54 Å². The summed E-state index contributed by atoms with van der Waals surface area (Å²) in [7, 11) is 0. The van der Waals surface area contributed by atoms with Gasteiger partial charge >= 0.3 is 0 Å². The van der Waals surface area contributed by atoms with Crippen LogP contribution in [0.15, 0.2) is 4.52 Å². The third kappa shape index (κ3) is 2.51. The Kier molecular flexibility index (Phi) is 2.90. The highest BCUT2D eigenvalue weighted by atomic mass is 32.2. The summed E-state index contributed by atoms with van der Waals surface area (Å²) in [5.74, 6) is 1.30. The minimum atomic E-state index is -0.0797. The molecule has 1 saturated carbocycles. The topological polar surface area (TPSA) is 51.0 Å². The van der Waals surface area contributed by atoms with Gasteiger partial charge in [-0.05, 0) is 24.3 Å². The van der Waals surface area contributed by atoms with Crippen LogP contribution in [0.5, 0.6) is 0 Å². The Morgan fingerprint density at radius 2 is 2.12 bits per heavy atom. The highest BCUT2D eigenvalue weighted by Crippen LogP contribution is 2.46. The second kappa shape index (κ2) is 3.95. The number of nitrogens with zero attached hydrogens (tertiary/aromatic N) is 2. The van der Waals surface area contributed by atoms with E-state index in [4.69, 9.17) is 4.52 Å². The van der Waals surface area contributed by atoms with Crippen molar-refractivity contribution in [2.75, 3.05) is 18.1 Å². The first-order chi connectivity index (χ1) is 7.45. The Hall–Kier alpha value is -0.710. The summed E-state index contributed by atoms with van der Waals surface area (Å²) in [5, 5.41) is 7.20. The molecule has 0 unspecified atom stereocenters. The zero-order chi connectivity index (χ0) is 11.8. The molecule has 1 aromatic rings. The Balaban J connectivity index is 1.93. The lowest BCUT2D eigenvalue weighted by atomic mass is 9.97. The summed E-state index contributed by atoms with van der Waals surface area (Å²) in [6.45, 7) is 7.12. The van der Waals surface area contributed by atoms with Crippen molar-refractivity contribution in [3.63, 3.8) is 0 Å². The maximum Gasteiger partial charge on any atom is 0.263 e. The molecule has 1 heterocycles. The molecule has 0 atom stereocenters. The van der Waals surface area contributed by atoms with Crippen molar-refractivity contribution in [1.29, 1.82) is 0 Å². The maximum atomic E-state index is 5.22. The van der Waals surface area contributed by atoms with Gasteiger partial charge in [0.15, 0.2) is 0 Å². The molecule has 1 aliphatic carbocycles. The molecule has 4 nitrogen and oxygen atoms in total. The lowest BCUT2D eigenvalue weighted by Gasteiger charge is -2.11. The highest BCUT2D eigenvalue weighted by molar-refractivity contribution is 8.00. The van der Waals surface area contributed by atoms with Crippen molar-refractivity contribution in [1.82, 2.24) is 10.1 Å². The van der Waals surface area contributed by atoms with E-state index >= 15 is 0 Å². The first-order valence-electron chi connectivity index (χ1n) is 5.58. The van der Waals surface area contributed by atoms with E-state index in [1.165, 1.54) is 12.8 Å². The number of hydrogen-bond acceptors (Lipinski definition) is 5. The lowest BCUT2D eigenvalue weighted by molar-refractivity contribution is 0.321. The SMILES string of the molecule is CSC1(CNc2noc(C(C)(C)C)n2)CC1. The fourth-order valence-corrected chi connectivity index (χ4v) is 2.16. The van der Waals surface area contributed by atoms with Crippen LogP contribution < -0.4 is 5.32 Å². The molecule has 1 aromatic heterocycles. The third-order valence-corrected chi connectivity index (χ3v) is 4.30. The standard InChI is InChI=1S/C11H19N3OS/c1-10(2,3)8-13-9(14-15-8)12-7-11(16-4)5-6-11/h5-7H2,1-4H3,(H,12,14). The van der Waals surface area contributed by atoms with Gasteiger partial charge in [-0.25, -0.2) is 0 Å². The van der Waals surface area contributed by atoms with E-state index in [0.29, 0.717) is 16.6 Å². The third-order valence-electron chi connectivity index (χ3n) is 2.88. The van der Waals surface area contributed by atoms with Crippen molar-refractivity contribution in [3.8, 4) is 0 Å². The summed E-state index contributed by atoms with van der Waals surface area (Å²) >= 11 is 1.92. The Morgan fingerprint density at radius 3 is 2.56 bits per heavy atom. The van der Waals surface area contributed by atoms with Crippen molar-refractivity contribution in [2.24, 2.45) is 0 Å². The van der Waals surface area contributed by atoms with Crippen molar-refractivity contribution >= 4 is 17.7 Å². The summed E-state index contributed by atoms with van der Waals surface area (Å²) in [6.07, 6.45) is 4.72. The molecule has 1 aliphatic rings. The maximum absolute atomic E-state index is 5.22. The van der Waals surface area contributed by atoms with Crippen LogP contribution in [-0.2, 0) is 5.41 Å². The summed E-state index contributed by atoms with van der Waals surface area (Å²) in [4.78, 5) is 4.35. The van der Waals surface area contributed by atoms with E-state index in [1.807, 2.05) is 11.8 Å². The second-order valence-corrected chi connectivity index (χ2v) is 6.69. The van der Waals surface area contributed by atoms with Crippen LogP contribution in [0.1, 0.15) is 39.5 Å². The molecule has 0 aliphatic heterocycles. The van der Waals surface area contributed by atoms with Gasteiger partial charge in [-0.15, -0.1) is 0 Å². The molecule has 2 rings (SSSR count). The van der Waals surface area contributed by atoms with E-state index in [-0.39, 0.29) is 5.41 Å². The second-order valence-electron chi connectivity index (χ2n) is 5.41. The van der Waals surface area contributed by atoms with E-state index in [2.05, 4.69) is 42.5 Å². The number of nitrogens with one attached hydrogen (secondary N) is 1. The van der Waals surface area contributed by atoms with Crippen LogP contribution >= 0.6 is 11.8 Å². The van der Waals surface area contributed by atoms with Gasteiger partial charge < -0.3 is 9.84 Å². The van der Waals surface area contributed by atoms with Gasteiger partial charge in [0.2, 0.25) is 5.89 Å². The molecule has 90 valence electrons. The minimum absolute atomic E-state index is 0.0797. The molecule has 0 bridgehead atoms. The summed E-state index contributed by atoms with van der Waals surface area (Å²) in [6, 6.07) is 0. The summed E-state index contributed by atoms with van der Waals surface area (Å²) < 4.78 is 5.64. The van der Waals surface area contributed by atoms with Crippen molar-refractivity contribution in [3.05, 3.63) is 5.89 Å². The predicted octanol–water partition coefficient (Wildman–Crippen LogP) is 2.67. The fourth-order valence-electron chi connectivity index (χ4n) is 1.43. The average Bonchev–Trinajstić information content (AvgIpc) is 2.83. The Bertz CT molecular complexity index is 366. The lowest BCUT2D eigenvalue weighted by Crippen LogP contribution is -2.18. The highest BCUT2D eigenvalue weighted by Gasteiger charge is 2.41.